The van der Waals surface area contributed by atoms with Gasteiger partial charge in [-0.25, -0.2) is 4.79 Å². The lowest BCUT2D eigenvalue weighted by atomic mass is 10.1. The molecule has 0 aliphatic rings. The molecule has 0 spiro atoms. The fourth-order valence-corrected chi connectivity index (χ4v) is 2.12. The van der Waals surface area contributed by atoms with Gasteiger partial charge in [-0.2, -0.15) is 0 Å². The van der Waals surface area contributed by atoms with Crippen LogP contribution in [0.2, 0.25) is 0 Å². The van der Waals surface area contributed by atoms with Gasteiger partial charge in [-0.3, -0.25) is 0 Å². The lowest BCUT2D eigenvalue weighted by molar-refractivity contribution is 0.195. The molecule has 0 aromatic heterocycles. The maximum atomic E-state index is 12.2. The Hall–Kier alpha value is -1.51. The average molecular weight is 276 g/mol. The number of rotatable bonds is 8. The molecule has 2 amide bonds. The zero-order valence-corrected chi connectivity index (χ0v) is 13.1. The van der Waals surface area contributed by atoms with Crippen LogP contribution in [0.4, 0.5) is 4.79 Å². The van der Waals surface area contributed by atoms with Gasteiger partial charge in [0.05, 0.1) is 0 Å². The molecule has 0 atom stereocenters. The predicted molar refractivity (Wildman–Crippen MR) is 84.8 cm³/mol. The number of carbonyl (C=O) groups excluding carboxylic acids is 1. The summed E-state index contributed by atoms with van der Waals surface area (Å²) in [5.74, 6) is 0. The lowest BCUT2D eigenvalue weighted by Gasteiger charge is -2.23. The number of nitrogens with one attached hydrogen (secondary N) is 1. The van der Waals surface area contributed by atoms with E-state index in [1.807, 2.05) is 11.0 Å². The van der Waals surface area contributed by atoms with E-state index in [1.54, 1.807) is 0 Å². The van der Waals surface area contributed by atoms with Crippen LogP contribution in [0.15, 0.2) is 24.3 Å². The first-order valence-corrected chi connectivity index (χ1v) is 7.75. The minimum atomic E-state index is 0.0633. The molecule has 0 saturated carbocycles. The van der Waals surface area contributed by atoms with Crippen molar-refractivity contribution in [3.63, 3.8) is 0 Å². The minimum Gasteiger partial charge on any atom is -0.334 e. The van der Waals surface area contributed by atoms with Gasteiger partial charge in [0.15, 0.2) is 0 Å². The van der Waals surface area contributed by atoms with Crippen LogP contribution in [-0.4, -0.2) is 24.0 Å². The number of hydrogen-bond acceptors (Lipinski definition) is 1. The SMILES string of the molecule is CCCCN(CCCC)C(=O)NCc1cccc(C)c1. The van der Waals surface area contributed by atoms with E-state index < -0.39 is 0 Å². The van der Waals surface area contributed by atoms with Crippen molar-refractivity contribution in [2.45, 2.75) is 53.0 Å². The van der Waals surface area contributed by atoms with E-state index in [9.17, 15) is 4.79 Å². The molecule has 1 aromatic carbocycles. The second-order valence-corrected chi connectivity index (χ2v) is 5.34. The third kappa shape index (κ3) is 6.09. The molecule has 1 aromatic rings. The van der Waals surface area contributed by atoms with Gasteiger partial charge in [0.2, 0.25) is 0 Å². The molecule has 3 nitrogen and oxygen atoms in total. The Morgan fingerprint density at radius 2 is 1.80 bits per heavy atom. The molecule has 0 bridgehead atoms. The normalized spacial score (nSPS) is 10.3. The number of amides is 2. The molecule has 0 aliphatic carbocycles. The lowest BCUT2D eigenvalue weighted by Crippen LogP contribution is -2.40. The number of unbranched alkanes of at least 4 members (excludes halogenated alkanes) is 2. The summed E-state index contributed by atoms with van der Waals surface area (Å²) in [5, 5.41) is 3.03. The summed E-state index contributed by atoms with van der Waals surface area (Å²) < 4.78 is 0. The fourth-order valence-electron chi connectivity index (χ4n) is 2.12. The van der Waals surface area contributed by atoms with Gasteiger partial charge in [0, 0.05) is 19.6 Å². The molecule has 0 saturated heterocycles. The van der Waals surface area contributed by atoms with E-state index >= 15 is 0 Å². The monoisotopic (exact) mass is 276 g/mol. The number of benzene rings is 1. The van der Waals surface area contributed by atoms with Crippen molar-refractivity contribution in [1.82, 2.24) is 10.2 Å². The van der Waals surface area contributed by atoms with E-state index in [0.29, 0.717) is 6.54 Å². The van der Waals surface area contributed by atoms with Crippen LogP contribution < -0.4 is 5.32 Å². The number of carbonyl (C=O) groups is 1. The quantitative estimate of drug-likeness (QED) is 0.761. The molecule has 0 heterocycles. The molecule has 0 fully saturated rings. The van der Waals surface area contributed by atoms with E-state index in [2.05, 4.69) is 44.3 Å². The van der Waals surface area contributed by atoms with Gasteiger partial charge in [-0.05, 0) is 25.3 Å². The van der Waals surface area contributed by atoms with Gasteiger partial charge in [0.25, 0.3) is 0 Å². The van der Waals surface area contributed by atoms with E-state index in [-0.39, 0.29) is 6.03 Å². The molecular formula is C17H28N2O. The second-order valence-electron chi connectivity index (χ2n) is 5.34. The largest absolute Gasteiger partial charge is 0.334 e. The summed E-state index contributed by atoms with van der Waals surface area (Å²) in [5.41, 5.74) is 2.38. The Labute approximate surface area is 123 Å². The first-order valence-electron chi connectivity index (χ1n) is 7.75. The molecule has 0 radical (unpaired) electrons. The van der Waals surface area contributed by atoms with Crippen molar-refractivity contribution in [2.75, 3.05) is 13.1 Å². The van der Waals surface area contributed by atoms with Crippen molar-refractivity contribution in [3.05, 3.63) is 35.4 Å². The van der Waals surface area contributed by atoms with Crippen LogP contribution in [-0.2, 0) is 6.54 Å². The van der Waals surface area contributed by atoms with Crippen molar-refractivity contribution < 1.29 is 4.79 Å². The predicted octanol–water partition coefficient (Wildman–Crippen LogP) is 4.11. The fraction of sp³-hybridized carbons (Fsp3) is 0.588. The molecule has 20 heavy (non-hydrogen) atoms. The van der Waals surface area contributed by atoms with Crippen LogP contribution in [0.3, 0.4) is 0 Å². The van der Waals surface area contributed by atoms with E-state index in [0.717, 1.165) is 44.3 Å². The summed E-state index contributed by atoms with van der Waals surface area (Å²) in [6, 6.07) is 8.33. The van der Waals surface area contributed by atoms with Gasteiger partial charge in [-0.15, -0.1) is 0 Å². The highest BCUT2D eigenvalue weighted by molar-refractivity contribution is 5.74. The molecule has 0 aliphatic heterocycles. The smallest absolute Gasteiger partial charge is 0.317 e. The molecule has 1 N–H and O–H groups in total. The highest BCUT2D eigenvalue weighted by Gasteiger charge is 2.11. The average Bonchev–Trinajstić information content (AvgIpc) is 2.45. The van der Waals surface area contributed by atoms with Crippen LogP contribution in [0.25, 0.3) is 0 Å². The maximum Gasteiger partial charge on any atom is 0.317 e. The van der Waals surface area contributed by atoms with Crippen molar-refractivity contribution in [1.29, 1.82) is 0 Å². The Morgan fingerprint density at radius 3 is 2.35 bits per heavy atom. The second kappa shape index (κ2) is 9.40. The third-order valence-electron chi connectivity index (χ3n) is 3.38. The summed E-state index contributed by atoms with van der Waals surface area (Å²) in [7, 11) is 0. The summed E-state index contributed by atoms with van der Waals surface area (Å²) in [6.07, 6.45) is 4.38. The number of aryl methyl sites for hydroxylation is 1. The standard InChI is InChI=1S/C17H28N2O/c1-4-6-11-19(12-7-5-2)17(20)18-14-16-10-8-9-15(3)13-16/h8-10,13H,4-7,11-12,14H2,1-3H3,(H,18,20). The summed E-state index contributed by atoms with van der Waals surface area (Å²) >= 11 is 0. The van der Waals surface area contributed by atoms with Crippen molar-refractivity contribution >= 4 is 6.03 Å². The van der Waals surface area contributed by atoms with Crippen LogP contribution in [0.5, 0.6) is 0 Å². The van der Waals surface area contributed by atoms with Crippen LogP contribution in [0, 0.1) is 6.92 Å². The number of urea groups is 1. The Balaban J connectivity index is 2.47. The number of hydrogen-bond donors (Lipinski definition) is 1. The molecule has 1 rings (SSSR count). The topological polar surface area (TPSA) is 32.3 Å². The Bertz CT molecular complexity index is 396. The molecule has 0 unspecified atom stereocenters. The minimum absolute atomic E-state index is 0.0633. The van der Waals surface area contributed by atoms with Gasteiger partial charge in [-0.1, -0.05) is 56.5 Å². The first-order chi connectivity index (χ1) is 9.67. The highest BCUT2D eigenvalue weighted by Crippen LogP contribution is 2.05. The zero-order valence-electron chi connectivity index (χ0n) is 13.1. The van der Waals surface area contributed by atoms with Crippen LogP contribution >= 0.6 is 0 Å². The van der Waals surface area contributed by atoms with Gasteiger partial charge in [0.1, 0.15) is 0 Å². The van der Waals surface area contributed by atoms with Crippen molar-refractivity contribution in [2.24, 2.45) is 0 Å². The molecule has 3 heteroatoms. The third-order valence-corrected chi connectivity index (χ3v) is 3.38. The van der Waals surface area contributed by atoms with Crippen LogP contribution in [0.1, 0.15) is 50.7 Å². The van der Waals surface area contributed by atoms with Crippen molar-refractivity contribution in [3.8, 4) is 0 Å². The zero-order chi connectivity index (χ0) is 14.8. The molecular weight excluding hydrogens is 248 g/mol. The summed E-state index contributed by atoms with van der Waals surface area (Å²) in [4.78, 5) is 14.2. The Morgan fingerprint density at radius 1 is 1.15 bits per heavy atom. The van der Waals surface area contributed by atoms with Gasteiger partial charge >= 0.3 is 6.03 Å². The highest BCUT2D eigenvalue weighted by atomic mass is 16.2. The van der Waals surface area contributed by atoms with E-state index in [4.69, 9.17) is 0 Å². The number of nitrogens with zero attached hydrogens (tertiary/aromatic N) is 1. The first kappa shape index (κ1) is 16.5. The summed E-state index contributed by atoms with van der Waals surface area (Å²) in [6.45, 7) is 8.70. The van der Waals surface area contributed by atoms with Gasteiger partial charge < -0.3 is 10.2 Å². The Kier molecular flexibility index (Phi) is 7.78. The maximum absolute atomic E-state index is 12.2. The van der Waals surface area contributed by atoms with E-state index in [1.165, 1.54) is 5.56 Å². The molecule has 112 valence electrons.